The van der Waals surface area contributed by atoms with Gasteiger partial charge in [0.2, 0.25) is 0 Å². The summed E-state index contributed by atoms with van der Waals surface area (Å²) in [4.78, 5) is 26.2. The third kappa shape index (κ3) is 3.34. The van der Waals surface area contributed by atoms with Crippen LogP contribution < -0.4 is 0 Å². The number of hydrogen-bond acceptors (Lipinski definition) is 4. The molecule has 104 valence electrons. The first-order valence-corrected chi connectivity index (χ1v) is 7.14. The number of hydrogen-bond donors (Lipinski definition) is 1. The smallest absolute Gasteiger partial charge is 0.363 e. The fourth-order valence-electron chi connectivity index (χ4n) is 1.70. The Labute approximate surface area is 131 Å². The minimum Gasteiger partial charge on any atom is -0.481 e. The van der Waals surface area contributed by atoms with Crippen LogP contribution in [-0.2, 0) is 20.7 Å². The Morgan fingerprint density at radius 1 is 1.40 bits per heavy atom. The summed E-state index contributed by atoms with van der Waals surface area (Å²) in [7, 11) is 0. The van der Waals surface area contributed by atoms with E-state index in [9.17, 15) is 9.59 Å². The first-order chi connectivity index (χ1) is 9.36. The predicted molar refractivity (Wildman–Crippen MR) is 80.4 cm³/mol. The van der Waals surface area contributed by atoms with Crippen molar-refractivity contribution in [1.29, 1.82) is 0 Å². The molecular weight excluding hydrogens is 394 g/mol. The third-order valence-corrected chi connectivity index (χ3v) is 3.94. The maximum atomic E-state index is 11.5. The summed E-state index contributed by atoms with van der Waals surface area (Å²) < 4.78 is 6.12. The molecule has 0 aromatic heterocycles. The number of esters is 1. The molecule has 0 unspecified atom stereocenters. The van der Waals surface area contributed by atoms with Crippen molar-refractivity contribution in [2.24, 2.45) is 4.99 Å². The van der Waals surface area contributed by atoms with E-state index >= 15 is 0 Å². The van der Waals surface area contributed by atoms with Crippen LogP contribution in [0.25, 0.3) is 6.08 Å². The molecule has 1 aliphatic rings. The molecule has 1 aromatic rings. The lowest BCUT2D eigenvalue weighted by molar-refractivity contribution is -0.136. The van der Waals surface area contributed by atoms with Crippen molar-refractivity contribution in [2.75, 3.05) is 0 Å². The third-order valence-electron chi connectivity index (χ3n) is 2.52. The summed E-state index contributed by atoms with van der Waals surface area (Å²) in [6, 6.07) is 3.46. The number of carbonyl (C=O) groups is 2. The summed E-state index contributed by atoms with van der Waals surface area (Å²) in [5.74, 6) is -1.11. The van der Waals surface area contributed by atoms with Gasteiger partial charge in [0.1, 0.15) is 0 Å². The van der Waals surface area contributed by atoms with Crippen LogP contribution in [0.3, 0.4) is 0 Å². The molecule has 5 nitrogen and oxygen atoms in total. The standard InChI is InChI=1S/C13H9Br2NO4/c1-6-16-11(13(19)20-6)4-7-2-9(14)8(5-12(17)18)10(15)3-7/h2-4H,5H2,1H3,(H,17,18)/b11-4-. The van der Waals surface area contributed by atoms with Gasteiger partial charge in [-0.2, -0.15) is 0 Å². The summed E-state index contributed by atoms with van der Waals surface area (Å²) in [6.45, 7) is 1.60. The van der Waals surface area contributed by atoms with E-state index in [1.165, 1.54) is 0 Å². The minimum atomic E-state index is -0.919. The van der Waals surface area contributed by atoms with Crippen LogP contribution in [-0.4, -0.2) is 22.9 Å². The number of rotatable bonds is 3. The van der Waals surface area contributed by atoms with Gasteiger partial charge in [-0.3, -0.25) is 4.79 Å². The molecule has 0 amide bonds. The second kappa shape index (κ2) is 5.88. The van der Waals surface area contributed by atoms with E-state index in [0.717, 1.165) is 0 Å². The number of aliphatic carboxylic acids is 1. The van der Waals surface area contributed by atoms with Crippen LogP contribution in [0.1, 0.15) is 18.1 Å². The highest BCUT2D eigenvalue weighted by atomic mass is 79.9. The van der Waals surface area contributed by atoms with Crippen molar-refractivity contribution < 1.29 is 19.4 Å². The van der Waals surface area contributed by atoms with Crippen molar-refractivity contribution >= 4 is 55.8 Å². The molecule has 0 bridgehead atoms. The molecule has 1 aliphatic heterocycles. The van der Waals surface area contributed by atoms with Crippen LogP contribution >= 0.6 is 31.9 Å². The van der Waals surface area contributed by atoms with Gasteiger partial charge in [0.05, 0.1) is 6.42 Å². The van der Waals surface area contributed by atoms with E-state index < -0.39 is 11.9 Å². The molecular formula is C13H9Br2NO4. The molecule has 1 aromatic carbocycles. The fourth-order valence-corrected chi connectivity index (χ4v) is 3.20. The monoisotopic (exact) mass is 401 g/mol. The van der Waals surface area contributed by atoms with Crippen molar-refractivity contribution in [2.45, 2.75) is 13.3 Å². The zero-order valence-electron chi connectivity index (χ0n) is 10.3. The zero-order valence-corrected chi connectivity index (χ0v) is 13.5. The fraction of sp³-hybridized carbons (Fsp3) is 0.154. The second-order valence-electron chi connectivity index (χ2n) is 4.08. The molecule has 0 aliphatic carbocycles. The molecule has 0 saturated heterocycles. The first kappa shape index (κ1) is 14.9. The van der Waals surface area contributed by atoms with Gasteiger partial charge in [-0.25, -0.2) is 9.79 Å². The lowest BCUT2D eigenvalue weighted by atomic mass is 10.1. The molecule has 2 rings (SSSR count). The maximum absolute atomic E-state index is 11.5. The Bertz CT molecular complexity index is 641. The SMILES string of the molecule is CC1=N/C(=C\c2cc(Br)c(CC(=O)O)c(Br)c2)C(=O)O1. The van der Waals surface area contributed by atoms with E-state index in [1.54, 1.807) is 25.1 Å². The Hall–Kier alpha value is -1.47. The normalized spacial score (nSPS) is 16.2. The number of aliphatic imine (C=N–C) groups is 1. The molecule has 1 N–H and O–H groups in total. The van der Waals surface area contributed by atoms with Crippen LogP contribution in [0.15, 0.2) is 31.8 Å². The summed E-state index contributed by atoms with van der Waals surface area (Å²) in [5, 5.41) is 8.85. The van der Waals surface area contributed by atoms with Crippen molar-refractivity contribution in [3.8, 4) is 0 Å². The molecule has 7 heteroatoms. The molecule has 20 heavy (non-hydrogen) atoms. The summed E-state index contributed by atoms with van der Waals surface area (Å²) in [5.41, 5.74) is 1.56. The average Bonchev–Trinajstić information content (AvgIpc) is 2.62. The number of carboxylic acid groups (broad SMARTS) is 1. The van der Waals surface area contributed by atoms with Gasteiger partial charge in [-0.15, -0.1) is 0 Å². The van der Waals surface area contributed by atoms with Gasteiger partial charge in [-0.05, 0) is 29.3 Å². The molecule has 0 fully saturated rings. The van der Waals surface area contributed by atoms with Gasteiger partial charge < -0.3 is 9.84 Å². The van der Waals surface area contributed by atoms with Gasteiger partial charge in [0, 0.05) is 15.9 Å². The van der Waals surface area contributed by atoms with E-state index in [0.29, 0.717) is 26.0 Å². The van der Waals surface area contributed by atoms with E-state index in [4.69, 9.17) is 9.84 Å². The molecule has 0 atom stereocenters. The van der Waals surface area contributed by atoms with Crippen molar-refractivity contribution in [3.05, 3.63) is 37.9 Å². The maximum Gasteiger partial charge on any atom is 0.363 e. The van der Waals surface area contributed by atoms with Crippen LogP contribution in [0.5, 0.6) is 0 Å². The van der Waals surface area contributed by atoms with Crippen LogP contribution in [0.2, 0.25) is 0 Å². The number of ether oxygens (including phenoxy) is 1. The van der Waals surface area contributed by atoms with E-state index in [-0.39, 0.29) is 12.1 Å². The minimum absolute atomic E-state index is 0.0999. The molecule has 1 heterocycles. The summed E-state index contributed by atoms with van der Waals surface area (Å²) >= 11 is 6.66. The van der Waals surface area contributed by atoms with E-state index in [2.05, 4.69) is 36.9 Å². The van der Waals surface area contributed by atoms with Crippen molar-refractivity contribution in [3.63, 3.8) is 0 Å². The van der Waals surface area contributed by atoms with Crippen LogP contribution in [0, 0.1) is 0 Å². The lowest BCUT2D eigenvalue weighted by Gasteiger charge is -2.06. The van der Waals surface area contributed by atoms with E-state index in [1.807, 2.05) is 0 Å². The zero-order chi connectivity index (χ0) is 14.9. The Morgan fingerprint density at radius 2 is 2.00 bits per heavy atom. The number of cyclic esters (lactones) is 1. The quantitative estimate of drug-likeness (QED) is 0.622. The summed E-state index contributed by atoms with van der Waals surface area (Å²) in [6.07, 6.45) is 1.48. The molecule has 0 radical (unpaired) electrons. The molecule has 0 spiro atoms. The highest BCUT2D eigenvalue weighted by molar-refractivity contribution is 9.11. The highest BCUT2D eigenvalue weighted by Crippen LogP contribution is 2.29. The lowest BCUT2D eigenvalue weighted by Crippen LogP contribution is -2.02. The topological polar surface area (TPSA) is 76.0 Å². The largest absolute Gasteiger partial charge is 0.481 e. The Morgan fingerprint density at radius 3 is 2.45 bits per heavy atom. The van der Waals surface area contributed by atoms with Gasteiger partial charge in [0.15, 0.2) is 11.6 Å². The van der Waals surface area contributed by atoms with Crippen LogP contribution in [0.4, 0.5) is 0 Å². The predicted octanol–water partition coefficient (Wildman–Crippen LogP) is 3.15. The van der Waals surface area contributed by atoms with Gasteiger partial charge in [-0.1, -0.05) is 31.9 Å². The van der Waals surface area contributed by atoms with Gasteiger partial charge >= 0.3 is 11.9 Å². The number of carboxylic acids is 1. The highest BCUT2D eigenvalue weighted by Gasteiger charge is 2.20. The molecule has 0 saturated carbocycles. The number of nitrogens with zero attached hydrogens (tertiary/aromatic N) is 1. The Balaban J connectivity index is 2.38. The van der Waals surface area contributed by atoms with Gasteiger partial charge in [0.25, 0.3) is 0 Å². The first-order valence-electron chi connectivity index (χ1n) is 5.55. The number of carbonyl (C=O) groups excluding carboxylic acids is 1. The number of benzene rings is 1. The van der Waals surface area contributed by atoms with Crippen molar-refractivity contribution in [1.82, 2.24) is 0 Å². The second-order valence-corrected chi connectivity index (χ2v) is 5.79. The Kier molecular flexibility index (Phi) is 4.39. The average molecular weight is 403 g/mol. The number of halogens is 2.